The van der Waals surface area contributed by atoms with E-state index >= 15 is 0 Å². The van der Waals surface area contributed by atoms with Crippen LogP contribution in [0.5, 0.6) is 0 Å². The maximum absolute atomic E-state index is 4.62. The lowest BCUT2D eigenvalue weighted by Crippen LogP contribution is -2.08. The van der Waals surface area contributed by atoms with Crippen molar-refractivity contribution in [3.05, 3.63) is 60.0 Å². The number of rotatable bonds is 4. The molecule has 0 fully saturated rings. The number of fused-ring (bicyclic) bond motifs is 1. The van der Waals surface area contributed by atoms with Crippen LogP contribution in [0.4, 0.5) is 5.82 Å². The molecule has 0 saturated heterocycles. The van der Waals surface area contributed by atoms with Gasteiger partial charge in [0, 0.05) is 18.9 Å². The zero-order chi connectivity index (χ0) is 13.8. The molecule has 0 aliphatic rings. The normalized spacial score (nSPS) is 10.7. The Bertz CT molecular complexity index is 710. The van der Waals surface area contributed by atoms with E-state index in [0.717, 1.165) is 35.5 Å². The van der Waals surface area contributed by atoms with Gasteiger partial charge in [-0.25, -0.2) is 9.97 Å². The summed E-state index contributed by atoms with van der Waals surface area (Å²) in [4.78, 5) is 13.3. The maximum atomic E-state index is 4.62. The van der Waals surface area contributed by atoms with Crippen LogP contribution in [-0.4, -0.2) is 21.5 Å². The number of benzene rings is 1. The zero-order valence-corrected chi connectivity index (χ0v) is 11.4. The average Bonchev–Trinajstić information content (AvgIpc) is 2.49. The Morgan fingerprint density at radius 2 is 1.80 bits per heavy atom. The molecule has 0 aliphatic carbocycles. The van der Waals surface area contributed by atoms with Crippen LogP contribution < -0.4 is 5.32 Å². The summed E-state index contributed by atoms with van der Waals surface area (Å²) in [6.07, 6.45) is 4.60. The van der Waals surface area contributed by atoms with Crippen molar-refractivity contribution >= 4 is 16.9 Å². The smallest absolute Gasteiger partial charge is 0.148 e. The van der Waals surface area contributed by atoms with Crippen LogP contribution in [0.3, 0.4) is 0 Å². The third kappa shape index (κ3) is 2.74. The van der Waals surface area contributed by atoms with Gasteiger partial charge in [-0.1, -0.05) is 18.2 Å². The fourth-order valence-corrected chi connectivity index (χ4v) is 2.13. The van der Waals surface area contributed by atoms with Crippen molar-refractivity contribution in [2.45, 2.75) is 13.3 Å². The summed E-state index contributed by atoms with van der Waals surface area (Å²) < 4.78 is 0. The molecular weight excluding hydrogens is 248 g/mol. The fourth-order valence-electron chi connectivity index (χ4n) is 2.13. The number of hydrogen-bond acceptors (Lipinski definition) is 4. The summed E-state index contributed by atoms with van der Waals surface area (Å²) in [7, 11) is 0. The van der Waals surface area contributed by atoms with Gasteiger partial charge < -0.3 is 5.32 Å². The predicted molar refractivity (Wildman–Crippen MR) is 80.7 cm³/mol. The monoisotopic (exact) mass is 264 g/mol. The summed E-state index contributed by atoms with van der Waals surface area (Å²) in [6, 6.07) is 11.9. The molecule has 0 radical (unpaired) electrons. The molecule has 0 spiro atoms. The van der Waals surface area contributed by atoms with E-state index in [1.165, 1.54) is 5.56 Å². The van der Waals surface area contributed by atoms with Crippen molar-refractivity contribution in [3.8, 4) is 0 Å². The Labute approximate surface area is 117 Å². The maximum Gasteiger partial charge on any atom is 0.148 e. The number of nitrogens with zero attached hydrogens (tertiary/aromatic N) is 3. The number of para-hydroxylation sites is 2. The van der Waals surface area contributed by atoms with Gasteiger partial charge in [0.1, 0.15) is 5.82 Å². The SMILES string of the molecule is Cc1nc2ccccc2nc1NCCc1cccnc1. The molecule has 0 amide bonds. The number of pyridine rings is 1. The molecule has 0 bridgehead atoms. The van der Waals surface area contributed by atoms with E-state index < -0.39 is 0 Å². The number of aryl methyl sites for hydroxylation is 1. The van der Waals surface area contributed by atoms with E-state index in [9.17, 15) is 0 Å². The lowest BCUT2D eigenvalue weighted by atomic mass is 10.2. The lowest BCUT2D eigenvalue weighted by Gasteiger charge is -2.09. The van der Waals surface area contributed by atoms with Crippen LogP contribution in [0.15, 0.2) is 48.8 Å². The van der Waals surface area contributed by atoms with E-state index in [1.54, 1.807) is 6.20 Å². The van der Waals surface area contributed by atoms with Gasteiger partial charge in [-0.05, 0) is 37.1 Å². The minimum Gasteiger partial charge on any atom is -0.368 e. The predicted octanol–water partition coefficient (Wildman–Crippen LogP) is 2.99. The van der Waals surface area contributed by atoms with Crippen LogP contribution in [-0.2, 0) is 6.42 Å². The van der Waals surface area contributed by atoms with Crippen LogP contribution in [0.1, 0.15) is 11.3 Å². The first-order valence-electron chi connectivity index (χ1n) is 6.69. The van der Waals surface area contributed by atoms with Gasteiger partial charge in [0.25, 0.3) is 0 Å². The number of hydrogen-bond donors (Lipinski definition) is 1. The van der Waals surface area contributed by atoms with Gasteiger partial charge in [-0.3, -0.25) is 4.98 Å². The molecular formula is C16H16N4. The van der Waals surface area contributed by atoms with Crippen LogP contribution in [0.25, 0.3) is 11.0 Å². The van der Waals surface area contributed by atoms with Gasteiger partial charge in [-0.15, -0.1) is 0 Å². The molecule has 0 atom stereocenters. The molecule has 100 valence electrons. The van der Waals surface area contributed by atoms with Crippen molar-refractivity contribution in [2.75, 3.05) is 11.9 Å². The third-order valence-electron chi connectivity index (χ3n) is 3.17. The first kappa shape index (κ1) is 12.5. The van der Waals surface area contributed by atoms with Crippen LogP contribution in [0.2, 0.25) is 0 Å². The second kappa shape index (κ2) is 5.65. The highest BCUT2D eigenvalue weighted by molar-refractivity contribution is 5.76. The molecule has 2 heterocycles. The molecule has 3 aromatic rings. The molecule has 4 heteroatoms. The molecule has 4 nitrogen and oxygen atoms in total. The minimum absolute atomic E-state index is 0.819. The van der Waals surface area contributed by atoms with Crippen LogP contribution in [0, 0.1) is 6.92 Å². The minimum atomic E-state index is 0.819. The number of anilines is 1. The van der Waals surface area contributed by atoms with Gasteiger partial charge in [0.2, 0.25) is 0 Å². The Morgan fingerprint density at radius 3 is 2.55 bits per heavy atom. The summed E-state index contributed by atoms with van der Waals surface area (Å²) in [5, 5.41) is 3.35. The fraction of sp³-hybridized carbons (Fsp3) is 0.188. The largest absolute Gasteiger partial charge is 0.368 e. The summed E-state index contributed by atoms with van der Waals surface area (Å²) in [5.41, 5.74) is 3.99. The topological polar surface area (TPSA) is 50.7 Å². The van der Waals surface area contributed by atoms with E-state index in [2.05, 4.69) is 26.3 Å². The first-order valence-corrected chi connectivity index (χ1v) is 6.69. The summed E-state index contributed by atoms with van der Waals surface area (Å²) in [6.45, 7) is 2.80. The average molecular weight is 264 g/mol. The first-order chi connectivity index (χ1) is 9.83. The van der Waals surface area contributed by atoms with E-state index in [4.69, 9.17) is 0 Å². The highest BCUT2D eigenvalue weighted by atomic mass is 15.0. The van der Waals surface area contributed by atoms with E-state index in [-0.39, 0.29) is 0 Å². The highest BCUT2D eigenvalue weighted by Crippen LogP contribution is 2.15. The van der Waals surface area contributed by atoms with Crippen molar-refractivity contribution < 1.29 is 0 Å². The molecule has 0 saturated carbocycles. The van der Waals surface area contributed by atoms with Gasteiger partial charge in [0.05, 0.1) is 16.7 Å². The Hall–Kier alpha value is -2.49. The van der Waals surface area contributed by atoms with Crippen molar-refractivity contribution in [1.82, 2.24) is 15.0 Å². The van der Waals surface area contributed by atoms with Crippen molar-refractivity contribution in [2.24, 2.45) is 0 Å². The third-order valence-corrected chi connectivity index (χ3v) is 3.17. The Morgan fingerprint density at radius 1 is 1.00 bits per heavy atom. The zero-order valence-electron chi connectivity index (χ0n) is 11.4. The molecule has 1 N–H and O–H groups in total. The molecule has 20 heavy (non-hydrogen) atoms. The van der Waals surface area contributed by atoms with Gasteiger partial charge in [0.15, 0.2) is 0 Å². The molecule has 2 aromatic heterocycles. The Balaban J connectivity index is 1.72. The number of nitrogens with one attached hydrogen (secondary N) is 1. The highest BCUT2D eigenvalue weighted by Gasteiger charge is 2.04. The second-order valence-electron chi connectivity index (χ2n) is 4.68. The summed E-state index contributed by atoms with van der Waals surface area (Å²) in [5.74, 6) is 0.854. The molecule has 0 unspecified atom stereocenters. The molecule has 3 rings (SSSR count). The summed E-state index contributed by atoms with van der Waals surface area (Å²) >= 11 is 0. The Kier molecular flexibility index (Phi) is 3.54. The second-order valence-corrected chi connectivity index (χ2v) is 4.68. The van der Waals surface area contributed by atoms with Gasteiger partial charge in [-0.2, -0.15) is 0 Å². The molecule has 0 aliphatic heterocycles. The van der Waals surface area contributed by atoms with Gasteiger partial charge >= 0.3 is 0 Å². The molecule has 1 aromatic carbocycles. The van der Waals surface area contributed by atoms with E-state index in [1.807, 2.05) is 43.5 Å². The van der Waals surface area contributed by atoms with E-state index in [0.29, 0.717) is 0 Å². The lowest BCUT2D eigenvalue weighted by molar-refractivity contribution is 0.986. The van der Waals surface area contributed by atoms with Crippen LogP contribution >= 0.6 is 0 Å². The number of aromatic nitrogens is 3. The van der Waals surface area contributed by atoms with Crippen molar-refractivity contribution in [3.63, 3.8) is 0 Å². The van der Waals surface area contributed by atoms with Crippen molar-refractivity contribution in [1.29, 1.82) is 0 Å². The standard InChI is InChI=1S/C16H16N4/c1-12-16(18-10-8-13-5-4-9-17-11-13)20-15-7-3-2-6-14(15)19-12/h2-7,9,11H,8,10H2,1H3,(H,18,20). The quantitative estimate of drug-likeness (QED) is 0.787.